The topological polar surface area (TPSA) is 42.8 Å². The largest absolute Gasteiger partial charge is 0.489 e. The van der Waals surface area contributed by atoms with Crippen molar-refractivity contribution >= 4 is 22.5 Å². The number of fused-ring (bicyclic) bond motifs is 1. The molecule has 1 fully saturated rings. The molecule has 0 unspecified atom stereocenters. The number of benzene rings is 2. The Balaban J connectivity index is 1.42. The molecule has 4 aromatic rings. The molecule has 0 atom stereocenters. The van der Waals surface area contributed by atoms with Crippen LogP contribution in [0, 0.1) is 0 Å². The van der Waals surface area contributed by atoms with Crippen LogP contribution in [-0.2, 0) is 0 Å². The van der Waals surface area contributed by atoms with Crippen LogP contribution in [0.5, 0.6) is 5.75 Å². The number of H-pyrrole nitrogens is 1. The number of hydrogen-bond donors (Lipinski definition) is 1. The monoisotopic (exact) mass is 419 g/mol. The first kappa shape index (κ1) is 19.3. The minimum absolute atomic E-state index is 0.0868. The SMILES string of the molecule is CC(C)Oc1ccc(-c2cc(-c3ccc4c(ccn4C4CCCC4)c3)[nH]n2)cc1Cl. The molecule has 0 saturated heterocycles. The van der Waals surface area contributed by atoms with Gasteiger partial charge in [0.2, 0.25) is 0 Å². The Morgan fingerprint density at radius 3 is 2.60 bits per heavy atom. The van der Waals surface area contributed by atoms with Gasteiger partial charge >= 0.3 is 0 Å². The summed E-state index contributed by atoms with van der Waals surface area (Å²) in [6, 6.07) is 17.4. The zero-order chi connectivity index (χ0) is 20.7. The van der Waals surface area contributed by atoms with Crippen molar-refractivity contribution < 1.29 is 4.74 Å². The third-order valence-electron chi connectivity index (χ3n) is 5.92. The Hall–Kier alpha value is -2.72. The molecule has 0 radical (unpaired) electrons. The van der Waals surface area contributed by atoms with Gasteiger partial charge in [0.15, 0.2) is 0 Å². The Kier molecular flexibility index (Phi) is 5.03. The lowest BCUT2D eigenvalue weighted by molar-refractivity contribution is 0.242. The second kappa shape index (κ2) is 7.84. The average Bonchev–Trinajstić information content (AvgIpc) is 3.48. The van der Waals surface area contributed by atoms with Crippen molar-refractivity contribution in [2.24, 2.45) is 0 Å². The summed E-state index contributed by atoms with van der Waals surface area (Å²) in [5.41, 5.74) is 5.28. The van der Waals surface area contributed by atoms with Crippen molar-refractivity contribution in [2.75, 3.05) is 0 Å². The van der Waals surface area contributed by atoms with E-state index in [2.05, 4.69) is 51.3 Å². The molecule has 5 rings (SSSR count). The highest BCUT2D eigenvalue weighted by Gasteiger charge is 2.18. The van der Waals surface area contributed by atoms with Gasteiger partial charge in [0.1, 0.15) is 5.75 Å². The summed E-state index contributed by atoms with van der Waals surface area (Å²) in [5, 5.41) is 9.57. The lowest BCUT2D eigenvalue weighted by atomic mass is 10.1. The fourth-order valence-electron chi connectivity index (χ4n) is 4.46. The summed E-state index contributed by atoms with van der Waals surface area (Å²) < 4.78 is 8.18. The van der Waals surface area contributed by atoms with Gasteiger partial charge in [-0.1, -0.05) is 30.5 Å². The summed E-state index contributed by atoms with van der Waals surface area (Å²) in [5.74, 6) is 0.698. The van der Waals surface area contributed by atoms with Crippen molar-refractivity contribution in [3.8, 4) is 28.3 Å². The van der Waals surface area contributed by atoms with E-state index in [0.717, 1.165) is 22.5 Å². The molecule has 1 N–H and O–H groups in total. The van der Waals surface area contributed by atoms with Gasteiger partial charge in [-0.25, -0.2) is 0 Å². The fraction of sp³-hybridized carbons (Fsp3) is 0.320. The van der Waals surface area contributed by atoms with Crippen LogP contribution in [0.25, 0.3) is 33.4 Å². The highest BCUT2D eigenvalue weighted by Crippen LogP contribution is 2.35. The summed E-state index contributed by atoms with van der Waals surface area (Å²) >= 11 is 6.40. The molecule has 0 bridgehead atoms. The van der Waals surface area contributed by atoms with Crippen LogP contribution in [0.3, 0.4) is 0 Å². The van der Waals surface area contributed by atoms with Crippen LogP contribution in [-0.4, -0.2) is 20.9 Å². The number of hydrogen-bond acceptors (Lipinski definition) is 2. The van der Waals surface area contributed by atoms with E-state index in [-0.39, 0.29) is 6.10 Å². The average molecular weight is 420 g/mol. The Labute approximate surface area is 181 Å². The fourth-order valence-corrected chi connectivity index (χ4v) is 4.68. The Bertz CT molecular complexity index is 1180. The lowest BCUT2D eigenvalue weighted by Crippen LogP contribution is -2.05. The number of rotatable bonds is 5. The maximum absolute atomic E-state index is 6.40. The standard InChI is InChI=1S/C25H26ClN3O/c1-16(2)30-25-10-8-18(14-21(25)26)23-15-22(27-28-23)17-7-9-24-19(13-17)11-12-29(24)20-5-3-4-6-20/h7-16,20H,3-6H2,1-2H3,(H,27,28). The number of nitrogens with zero attached hydrogens (tertiary/aromatic N) is 2. The van der Waals surface area contributed by atoms with Gasteiger partial charge in [-0.05, 0) is 69.2 Å². The van der Waals surface area contributed by atoms with Crippen LogP contribution in [0.2, 0.25) is 5.02 Å². The van der Waals surface area contributed by atoms with Crippen molar-refractivity contribution in [2.45, 2.75) is 51.7 Å². The van der Waals surface area contributed by atoms with Crippen LogP contribution in [0.4, 0.5) is 0 Å². The van der Waals surface area contributed by atoms with Gasteiger partial charge in [-0.15, -0.1) is 0 Å². The maximum atomic E-state index is 6.40. The first-order valence-corrected chi connectivity index (χ1v) is 11.1. The van der Waals surface area contributed by atoms with E-state index in [1.54, 1.807) is 0 Å². The summed E-state index contributed by atoms with van der Waals surface area (Å²) in [4.78, 5) is 0. The van der Waals surface area contributed by atoms with Crippen molar-refractivity contribution in [3.63, 3.8) is 0 Å². The van der Waals surface area contributed by atoms with Crippen LogP contribution < -0.4 is 4.74 Å². The van der Waals surface area contributed by atoms with Crippen molar-refractivity contribution in [1.82, 2.24) is 14.8 Å². The number of aromatic amines is 1. The molecular formula is C25H26ClN3O. The maximum Gasteiger partial charge on any atom is 0.138 e. The van der Waals surface area contributed by atoms with Crippen LogP contribution in [0.15, 0.2) is 54.7 Å². The molecule has 2 aromatic carbocycles. The number of aromatic nitrogens is 3. The zero-order valence-electron chi connectivity index (χ0n) is 17.4. The highest BCUT2D eigenvalue weighted by atomic mass is 35.5. The first-order valence-electron chi connectivity index (χ1n) is 10.7. The number of halogens is 1. The van der Waals surface area contributed by atoms with Gasteiger partial charge in [-0.2, -0.15) is 5.10 Å². The Morgan fingerprint density at radius 2 is 1.83 bits per heavy atom. The molecule has 4 nitrogen and oxygen atoms in total. The molecular weight excluding hydrogens is 394 g/mol. The molecule has 0 spiro atoms. The second-order valence-corrected chi connectivity index (χ2v) is 8.82. The third-order valence-corrected chi connectivity index (χ3v) is 6.21. The van der Waals surface area contributed by atoms with E-state index in [1.807, 2.05) is 32.0 Å². The molecule has 1 aliphatic rings. The molecule has 2 aromatic heterocycles. The normalized spacial score (nSPS) is 14.8. The predicted octanol–water partition coefficient (Wildman–Crippen LogP) is 7.25. The smallest absolute Gasteiger partial charge is 0.138 e. The predicted molar refractivity (Wildman–Crippen MR) is 123 cm³/mol. The summed E-state index contributed by atoms with van der Waals surface area (Å²) in [7, 11) is 0. The molecule has 0 amide bonds. The minimum atomic E-state index is 0.0868. The molecule has 2 heterocycles. The summed E-state index contributed by atoms with van der Waals surface area (Å²) in [6.07, 6.45) is 7.59. The molecule has 30 heavy (non-hydrogen) atoms. The van der Waals surface area contributed by atoms with E-state index in [9.17, 15) is 0 Å². The second-order valence-electron chi connectivity index (χ2n) is 8.41. The van der Waals surface area contributed by atoms with Gasteiger partial charge in [0.05, 0.1) is 22.5 Å². The quantitative estimate of drug-likeness (QED) is 0.370. The van der Waals surface area contributed by atoms with Gasteiger partial charge < -0.3 is 9.30 Å². The van der Waals surface area contributed by atoms with Crippen molar-refractivity contribution in [3.05, 3.63) is 59.8 Å². The van der Waals surface area contributed by atoms with Crippen molar-refractivity contribution in [1.29, 1.82) is 0 Å². The first-order chi connectivity index (χ1) is 14.6. The van der Waals surface area contributed by atoms with Gasteiger partial charge in [0.25, 0.3) is 0 Å². The Morgan fingerprint density at radius 1 is 1.03 bits per heavy atom. The highest BCUT2D eigenvalue weighted by molar-refractivity contribution is 6.32. The molecule has 154 valence electrons. The van der Waals surface area contributed by atoms with Gasteiger partial charge in [-0.3, -0.25) is 5.10 Å². The zero-order valence-corrected chi connectivity index (χ0v) is 18.1. The molecule has 5 heteroatoms. The van der Waals surface area contributed by atoms with Gasteiger partial charge in [0, 0.05) is 34.3 Å². The third kappa shape index (κ3) is 3.61. The number of ether oxygens (including phenoxy) is 1. The minimum Gasteiger partial charge on any atom is -0.489 e. The van der Waals surface area contributed by atoms with E-state index < -0.39 is 0 Å². The molecule has 1 aliphatic carbocycles. The van der Waals surface area contributed by atoms with E-state index in [0.29, 0.717) is 16.8 Å². The molecule has 1 saturated carbocycles. The molecule has 0 aliphatic heterocycles. The summed E-state index contributed by atoms with van der Waals surface area (Å²) in [6.45, 7) is 3.98. The lowest BCUT2D eigenvalue weighted by Gasteiger charge is -2.13. The van der Waals surface area contributed by atoms with E-state index in [1.165, 1.54) is 36.6 Å². The van der Waals surface area contributed by atoms with Crippen LogP contribution in [0.1, 0.15) is 45.6 Å². The number of nitrogens with one attached hydrogen (secondary N) is 1. The van der Waals surface area contributed by atoms with E-state index in [4.69, 9.17) is 16.3 Å². The van der Waals surface area contributed by atoms with E-state index >= 15 is 0 Å². The van der Waals surface area contributed by atoms with Crippen LogP contribution >= 0.6 is 11.6 Å².